The highest BCUT2D eigenvalue weighted by Gasteiger charge is 2.29. The van der Waals surface area contributed by atoms with E-state index < -0.39 is 32.5 Å². The summed E-state index contributed by atoms with van der Waals surface area (Å²) in [7, 11) is -4.78. The van der Waals surface area contributed by atoms with Gasteiger partial charge in [0.15, 0.2) is 6.10 Å². The number of carbonyl (C=O) groups excluding carboxylic acids is 3. The first-order valence-electron chi connectivity index (χ1n) is 22.3. The highest BCUT2D eigenvalue weighted by atomic mass is 31.2. The zero-order valence-electron chi connectivity index (χ0n) is 35.2. The summed E-state index contributed by atoms with van der Waals surface area (Å²) in [4.78, 5) is 55.4. The monoisotopic (exact) mass is 829 g/mol. The smallest absolute Gasteiger partial charge is 0.462 e. The Bertz CT molecular complexity index is 1450. The average molecular weight is 830 g/mol. The number of nitrogens with one attached hydrogen (secondary N) is 1. The van der Waals surface area contributed by atoms with Crippen molar-refractivity contribution in [2.24, 2.45) is 0 Å². The fraction of sp³-hybridized carbons (Fsp3) is 0.674. The van der Waals surface area contributed by atoms with Crippen LogP contribution in [0.4, 0.5) is 4.79 Å². The van der Waals surface area contributed by atoms with Crippen molar-refractivity contribution in [2.45, 2.75) is 173 Å². The van der Waals surface area contributed by atoms with Gasteiger partial charge in [-0.05, 0) is 41.5 Å². The molecule has 2 aromatic rings. The number of esters is 2. The Hall–Kier alpha value is -3.24. The molecule has 0 unspecified atom stereocenters. The minimum Gasteiger partial charge on any atom is -0.462 e. The Kier molecular flexibility index (Phi) is 25.3. The lowest BCUT2D eigenvalue weighted by Crippen LogP contribution is -2.29. The second-order valence-electron chi connectivity index (χ2n) is 15.8. The number of rotatable bonds is 34. The van der Waals surface area contributed by atoms with Crippen LogP contribution in [-0.4, -0.2) is 60.3 Å². The Morgan fingerprint density at radius 2 is 1.05 bits per heavy atom. The normalized spacial score (nSPS) is 12.8. The average Bonchev–Trinajstić information content (AvgIpc) is 3.53. The number of fused-ring (bicyclic) bond motifs is 3. The number of hydrogen-bond acceptors (Lipinski definition) is 8. The molecule has 0 fully saturated rings. The zero-order chi connectivity index (χ0) is 41.7. The van der Waals surface area contributed by atoms with Crippen LogP contribution in [0.3, 0.4) is 0 Å². The van der Waals surface area contributed by atoms with E-state index in [1.807, 2.05) is 24.3 Å². The summed E-state index contributed by atoms with van der Waals surface area (Å²) in [5.74, 6) is -0.891. The van der Waals surface area contributed by atoms with Crippen LogP contribution in [0, 0.1) is 0 Å². The van der Waals surface area contributed by atoms with E-state index in [2.05, 4.69) is 41.0 Å². The molecular formula is C46H72NO10P. The molecule has 0 aliphatic heterocycles. The van der Waals surface area contributed by atoms with Crippen LogP contribution in [0.2, 0.25) is 0 Å². The van der Waals surface area contributed by atoms with E-state index in [1.165, 1.54) is 80.0 Å². The fourth-order valence-corrected chi connectivity index (χ4v) is 7.92. The third-order valence-corrected chi connectivity index (χ3v) is 11.3. The number of benzene rings is 2. The van der Waals surface area contributed by atoms with Gasteiger partial charge in [-0.15, -0.1) is 0 Å². The molecule has 58 heavy (non-hydrogen) atoms. The van der Waals surface area contributed by atoms with Crippen LogP contribution in [-0.2, 0) is 32.9 Å². The Morgan fingerprint density at radius 1 is 0.603 bits per heavy atom. The van der Waals surface area contributed by atoms with Crippen molar-refractivity contribution >= 4 is 25.9 Å². The van der Waals surface area contributed by atoms with Gasteiger partial charge in [0, 0.05) is 25.3 Å². The van der Waals surface area contributed by atoms with Crippen molar-refractivity contribution in [1.82, 2.24) is 5.32 Å². The molecule has 0 saturated heterocycles. The lowest BCUT2D eigenvalue weighted by molar-refractivity contribution is -0.161. The van der Waals surface area contributed by atoms with Crippen molar-refractivity contribution in [3.63, 3.8) is 0 Å². The molecule has 11 nitrogen and oxygen atoms in total. The summed E-state index contributed by atoms with van der Waals surface area (Å²) in [5.41, 5.74) is 4.81. The summed E-state index contributed by atoms with van der Waals surface area (Å²) in [5, 5.41) is 2.89. The molecule has 3 N–H and O–H groups in total. The highest BCUT2D eigenvalue weighted by molar-refractivity contribution is 7.46. The Morgan fingerprint density at radius 3 is 1.55 bits per heavy atom. The summed E-state index contributed by atoms with van der Waals surface area (Å²) in [6.45, 7) is 2.26. The van der Waals surface area contributed by atoms with Crippen molar-refractivity contribution in [3.8, 4) is 11.1 Å². The molecule has 0 heterocycles. The van der Waals surface area contributed by atoms with E-state index in [0.29, 0.717) is 26.0 Å². The standard InChI is InChI=1S/C46H72NO10P/c1-2-3-4-5-6-7-8-9-10-12-15-18-21-32-44(48)54-35-38(36-56-58(51,52)53)57-45(49)33-22-19-16-13-11-14-17-20-27-34-47-46(50)55-37-43-41-30-25-23-28-39(41)40-29-24-26-31-42(40)43/h23-26,28-31,38,43H,2-22,27,32-37H2,1H3,(H,47,50)(H2,51,52,53)/t38-/m1/s1. The van der Waals surface area contributed by atoms with Crippen molar-refractivity contribution in [1.29, 1.82) is 0 Å². The van der Waals surface area contributed by atoms with Crippen LogP contribution in [0.15, 0.2) is 48.5 Å². The highest BCUT2D eigenvalue weighted by Crippen LogP contribution is 2.44. The minimum absolute atomic E-state index is 0.0498. The summed E-state index contributed by atoms with van der Waals surface area (Å²) in [6.07, 6.45) is 23.4. The molecule has 1 aliphatic carbocycles. The van der Waals surface area contributed by atoms with E-state index in [1.54, 1.807) is 0 Å². The van der Waals surface area contributed by atoms with Crippen LogP contribution in [0.25, 0.3) is 11.1 Å². The minimum atomic E-state index is -4.78. The molecule has 1 amide bonds. The number of unbranched alkanes of at least 4 members (excludes halogenated alkanes) is 20. The Labute approximate surface area is 348 Å². The maximum absolute atomic E-state index is 12.5. The molecule has 1 atom stereocenters. The second-order valence-corrected chi connectivity index (χ2v) is 17.0. The van der Waals surface area contributed by atoms with Crippen LogP contribution in [0.5, 0.6) is 0 Å². The molecule has 0 radical (unpaired) electrons. The number of ether oxygens (including phenoxy) is 3. The molecule has 0 spiro atoms. The topological polar surface area (TPSA) is 158 Å². The lowest BCUT2D eigenvalue weighted by atomic mass is 9.98. The van der Waals surface area contributed by atoms with Gasteiger partial charge in [0.25, 0.3) is 0 Å². The quantitative estimate of drug-likeness (QED) is 0.0268. The summed E-state index contributed by atoms with van der Waals surface area (Å²) >= 11 is 0. The molecule has 1 aliphatic rings. The number of amides is 1. The van der Waals surface area contributed by atoms with Crippen molar-refractivity contribution < 1.29 is 47.5 Å². The van der Waals surface area contributed by atoms with Gasteiger partial charge in [0.05, 0.1) is 6.61 Å². The van der Waals surface area contributed by atoms with Gasteiger partial charge in [0.1, 0.15) is 13.2 Å². The Balaban J connectivity index is 1.14. The van der Waals surface area contributed by atoms with E-state index in [0.717, 1.165) is 70.6 Å². The fourth-order valence-electron chi connectivity index (χ4n) is 7.56. The van der Waals surface area contributed by atoms with Crippen molar-refractivity contribution in [3.05, 3.63) is 59.7 Å². The molecular weight excluding hydrogens is 757 g/mol. The van der Waals surface area contributed by atoms with E-state index >= 15 is 0 Å². The first kappa shape index (κ1) is 49.1. The van der Waals surface area contributed by atoms with Gasteiger partial charge in [-0.1, -0.05) is 177 Å². The summed E-state index contributed by atoms with van der Waals surface area (Å²) < 4.78 is 32.0. The van der Waals surface area contributed by atoms with Gasteiger partial charge in [0.2, 0.25) is 0 Å². The van der Waals surface area contributed by atoms with Gasteiger partial charge in [-0.2, -0.15) is 0 Å². The van der Waals surface area contributed by atoms with Gasteiger partial charge < -0.3 is 29.3 Å². The zero-order valence-corrected chi connectivity index (χ0v) is 36.1. The van der Waals surface area contributed by atoms with E-state index in [9.17, 15) is 18.9 Å². The largest absolute Gasteiger partial charge is 0.469 e. The molecule has 0 bridgehead atoms. The molecule has 2 aromatic carbocycles. The van der Waals surface area contributed by atoms with Crippen LogP contribution >= 0.6 is 7.82 Å². The van der Waals surface area contributed by atoms with Gasteiger partial charge in [-0.3, -0.25) is 14.1 Å². The summed E-state index contributed by atoms with van der Waals surface area (Å²) in [6, 6.07) is 16.6. The lowest BCUT2D eigenvalue weighted by Gasteiger charge is -2.18. The SMILES string of the molecule is CCCCCCCCCCCCCCCC(=O)OC[C@H](COP(=O)(O)O)OC(=O)CCCCCCCCCCCNC(=O)OCC1c2ccccc2-c2ccccc21. The van der Waals surface area contributed by atoms with Crippen LogP contribution in [0.1, 0.15) is 178 Å². The van der Waals surface area contributed by atoms with Crippen molar-refractivity contribution in [2.75, 3.05) is 26.4 Å². The number of carbonyl (C=O) groups is 3. The van der Waals surface area contributed by atoms with E-state index in [4.69, 9.17) is 24.0 Å². The molecule has 326 valence electrons. The van der Waals surface area contributed by atoms with Gasteiger partial charge in [-0.25, -0.2) is 9.36 Å². The number of phosphoric acid groups is 1. The maximum Gasteiger partial charge on any atom is 0.469 e. The number of hydrogen-bond donors (Lipinski definition) is 3. The van der Waals surface area contributed by atoms with E-state index in [-0.39, 0.29) is 31.5 Å². The van der Waals surface area contributed by atoms with Gasteiger partial charge >= 0.3 is 25.9 Å². The third kappa shape index (κ3) is 21.7. The molecule has 0 saturated carbocycles. The second kappa shape index (κ2) is 29.9. The molecule has 3 rings (SSSR count). The maximum atomic E-state index is 12.5. The predicted octanol–water partition coefficient (Wildman–Crippen LogP) is 11.5. The third-order valence-electron chi connectivity index (χ3n) is 10.8. The first-order valence-corrected chi connectivity index (χ1v) is 23.8. The molecule has 12 heteroatoms. The van der Waals surface area contributed by atoms with Crippen LogP contribution < -0.4 is 5.32 Å². The predicted molar refractivity (Wildman–Crippen MR) is 228 cm³/mol. The first-order chi connectivity index (χ1) is 28.2. The number of phosphoric ester groups is 1. The molecule has 0 aromatic heterocycles. The number of alkyl carbamates (subject to hydrolysis) is 1.